The van der Waals surface area contributed by atoms with Gasteiger partial charge in [0.2, 0.25) is 0 Å². The molecule has 0 spiro atoms. The first-order chi connectivity index (χ1) is 9.27. The molecule has 1 nitrogen and oxygen atoms in total. The van der Waals surface area contributed by atoms with Crippen LogP contribution in [0.15, 0.2) is 46.9 Å². The molecular formula is C14H10BrClF3N. The van der Waals surface area contributed by atoms with Crippen molar-refractivity contribution in [3.63, 3.8) is 0 Å². The van der Waals surface area contributed by atoms with Gasteiger partial charge in [0, 0.05) is 9.50 Å². The van der Waals surface area contributed by atoms with Gasteiger partial charge in [-0.15, -0.1) is 0 Å². The summed E-state index contributed by atoms with van der Waals surface area (Å²) in [4.78, 5) is 0. The van der Waals surface area contributed by atoms with E-state index in [-0.39, 0.29) is 0 Å². The van der Waals surface area contributed by atoms with Crippen LogP contribution in [0, 0.1) is 0 Å². The first-order valence-corrected chi connectivity index (χ1v) is 6.83. The Bertz CT molecular complexity index is 591. The van der Waals surface area contributed by atoms with E-state index in [0.717, 1.165) is 22.2 Å². The number of benzene rings is 2. The van der Waals surface area contributed by atoms with Crippen molar-refractivity contribution >= 4 is 27.5 Å². The number of hydrogen-bond acceptors (Lipinski definition) is 1. The highest BCUT2D eigenvalue weighted by Gasteiger charge is 2.30. The SMILES string of the molecule is NC(c1ccc(C(F)(F)F)cc1)c1cc(Cl)cc(Br)c1. The number of hydrogen-bond donors (Lipinski definition) is 1. The number of nitrogens with two attached hydrogens (primary N) is 1. The molecule has 0 amide bonds. The zero-order valence-electron chi connectivity index (χ0n) is 10.1. The molecule has 0 saturated carbocycles. The lowest BCUT2D eigenvalue weighted by molar-refractivity contribution is -0.137. The van der Waals surface area contributed by atoms with Crippen molar-refractivity contribution in [2.24, 2.45) is 5.73 Å². The predicted molar refractivity (Wildman–Crippen MR) is 76.6 cm³/mol. The highest BCUT2D eigenvalue weighted by Crippen LogP contribution is 2.31. The molecule has 1 unspecified atom stereocenters. The van der Waals surface area contributed by atoms with Crippen LogP contribution in [-0.2, 0) is 6.18 Å². The average molecular weight is 365 g/mol. The molecule has 0 saturated heterocycles. The fraction of sp³-hybridized carbons (Fsp3) is 0.143. The van der Waals surface area contributed by atoms with Crippen LogP contribution in [0.3, 0.4) is 0 Å². The number of alkyl halides is 3. The van der Waals surface area contributed by atoms with Gasteiger partial charge < -0.3 is 5.73 Å². The van der Waals surface area contributed by atoms with E-state index in [1.165, 1.54) is 12.1 Å². The second kappa shape index (κ2) is 5.76. The van der Waals surface area contributed by atoms with E-state index in [4.69, 9.17) is 17.3 Å². The van der Waals surface area contributed by atoms with Crippen LogP contribution in [0.5, 0.6) is 0 Å². The Morgan fingerprint density at radius 2 is 1.60 bits per heavy atom. The largest absolute Gasteiger partial charge is 0.416 e. The van der Waals surface area contributed by atoms with Gasteiger partial charge in [-0.3, -0.25) is 0 Å². The molecule has 2 aromatic carbocycles. The third-order valence-corrected chi connectivity index (χ3v) is 3.52. The van der Waals surface area contributed by atoms with Crippen molar-refractivity contribution in [2.75, 3.05) is 0 Å². The maximum absolute atomic E-state index is 12.5. The van der Waals surface area contributed by atoms with Gasteiger partial charge in [-0.25, -0.2) is 0 Å². The van der Waals surface area contributed by atoms with Gasteiger partial charge in [0.05, 0.1) is 11.6 Å². The lowest BCUT2D eigenvalue weighted by Gasteiger charge is -2.15. The molecule has 106 valence electrons. The van der Waals surface area contributed by atoms with Crippen molar-refractivity contribution in [3.05, 3.63) is 68.7 Å². The minimum absolute atomic E-state index is 0.511. The standard InChI is InChI=1S/C14H10BrClF3N/c15-11-5-9(6-12(16)7-11)13(20)8-1-3-10(4-2-8)14(17,18)19/h1-7,13H,20H2. The van der Waals surface area contributed by atoms with Gasteiger partial charge in [0.15, 0.2) is 0 Å². The molecular weight excluding hydrogens is 355 g/mol. The molecule has 0 heterocycles. The van der Waals surface area contributed by atoms with Crippen LogP contribution in [0.4, 0.5) is 13.2 Å². The Hall–Kier alpha value is -1.04. The molecule has 0 aliphatic heterocycles. The third kappa shape index (κ3) is 3.53. The van der Waals surface area contributed by atoms with Gasteiger partial charge in [-0.05, 0) is 41.5 Å². The van der Waals surface area contributed by atoms with Gasteiger partial charge >= 0.3 is 6.18 Å². The summed E-state index contributed by atoms with van der Waals surface area (Å²) < 4.78 is 38.2. The monoisotopic (exact) mass is 363 g/mol. The highest BCUT2D eigenvalue weighted by atomic mass is 79.9. The van der Waals surface area contributed by atoms with Crippen molar-refractivity contribution in [1.82, 2.24) is 0 Å². The summed E-state index contributed by atoms with van der Waals surface area (Å²) in [6, 6.07) is 9.45. The molecule has 6 heteroatoms. The summed E-state index contributed by atoms with van der Waals surface area (Å²) in [5.74, 6) is 0. The molecule has 0 fully saturated rings. The van der Waals surface area contributed by atoms with Gasteiger partial charge in [0.1, 0.15) is 0 Å². The first-order valence-electron chi connectivity index (χ1n) is 5.66. The maximum atomic E-state index is 12.5. The van der Waals surface area contributed by atoms with Crippen LogP contribution in [0.2, 0.25) is 5.02 Å². The average Bonchev–Trinajstić information content (AvgIpc) is 2.36. The normalized spacial score (nSPS) is 13.3. The highest BCUT2D eigenvalue weighted by molar-refractivity contribution is 9.10. The van der Waals surface area contributed by atoms with Crippen LogP contribution >= 0.6 is 27.5 Å². The van der Waals surface area contributed by atoms with E-state index in [0.29, 0.717) is 10.6 Å². The molecule has 2 aromatic rings. The molecule has 0 aromatic heterocycles. The van der Waals surface area contributed by atoms with Gasteiger partial charge in [-0.2, -0.15) is 13.2 Å². The number of halogens is 5. The van der Waals surface area contributed by atoms with Crippen LogP contribution in [0.1, 0.15) is 22.7 Å². The maximum Gasteiger partial charge on any atom is 0.416 e. The zero-order chi connectivity index (χ0) is 14.9. The minimum atomic E-state index is -4.35. The lowest BCUT2D eigenvalue weighted by atomic mass is 9.98. The Labute approximate surface area is 127 Å². The topological polar surface area (TPSA) is 26.0 Å². The van der Waals surface area contributed by atoms with Gasteiger partial charge in [-0.1, -0.05) is 39.7 Å². The van der Waals surface area contributed by atoms with Crippen molar-refractivity contribution in [1.29, 1.82) is 0 Å². The molecule has 1 atom stereocenters. The number of rotatable bonds is 2. The third-order valence-electron chi connectivity index (χ3n) is 2.84. The summed E-state index contributed by atoms with van der Waals surface area (Å²) in [6.45, 7) is 0. The van der Waals surface area contributed by atoms with Crippen molar-refractivity contribution in [2.45, 2.75) is 12.2 Å². The molecule has 0 bridgehead atoms. The van der Waals surface area contributed by atoms with Crippen LogP contribution in [0.25, 0.3) is 0 Å². The summed E-state index contributed by atoms with van der Waals surface area (Å²) in [6.07, 6.45) is -4.35. The minimum Gasteiger partial charge on any atom is -0.320 e. The summed E-state index contributed by atoms with van der Waals surface area (Å²) in [5.41, 5.74) is 6.67. The Morgan fingerprint density at radius 1 is 1.00 bits per heavy atom. The van der Waals surface area contributed by atoms with E-state index in [2.05, 4.69) is 15.9 Å². The molecule has 0 aliphatic carbocycles. The van der Waals surface area contributed by atoms with E-state index < -0.39 is 17.8 Å². The quantitative estimate of drug-likeness (QED) is 0.782. The van der Waals surface area contributed by atoms with E-state index >= 15 is 0 Å². The Morgan fingerprint density at radius 3 is 2.10 bits per heavy atom. The predicted octanol–water partition coefficient (Wildman–Crippen LogP) is 5.17. The van der Waals surface area contributed by atoms with Crippen molar-refractivity contribution in [3.8, 4) is 0 Å². The van der Waals surface area contributed by atoms with E-state index in [9.17, 15) is 13.2 Å². The molecule has 20 heavy (non-hydrogen) atoms. The summed E-state index contributed by atoms with van der Waals surface area (Å²) in [7, 11) is 0. The van der Waals surface area contributed by atoms with Crippen LogP contribution < -0.4 is 5.73 Å². The Balaban J connectivity index is 2.31. The molecule has 2 rings (SSSR count). The van der Waals surface area contributed by atoms with Crippen molar-refractivity contribution < 1.29 is 13.2 Å². The van der Waals surface area contributed by atoms with E-state index in [1.807, 2.05) is 0 Å². The molecule has 0 radical (unpaired) electrons. The van der Waals surface area contributed by atoms with Gasteiger partial charge in [0.25, 0.3) is 0 Å². The lowest BCUT2D eigenvalue weighted by Crippen LogP contribution is -2.12. The fourth-order valence-corrected chi connectivity index (χ4v) is 2.71. The first kappa shape index (κ1) is 15.4. The second-order valence-electron chi connectivity index (χ2n) is 4.30. The molecule has 0 aliphatic rings. The fourth-order valence-electron chi connectivity index (χ4n) is 1.83. The zero-order valence-corrected chi connectivity index (χ0v) is 12.4. The smallest absolute Gasteiger partial charge is 0.320 e. The second-order valence-corrected chi connectivity index (χ2v) is 5.65. The summed E-state index contributed by atoms with van der Waals surface area (Å²) >= 11 is 9.24. The summed E-state index contributed by atoms with van der Waals surface area (Å²) in [5, 5.41) is 0.511. The molecule has 2 N–H and O–H groups in total. The van der Waals surface area contributed by atoms with E-state index in [1.54, 1.807) is 18.2 Å². The Kier molecular flexibility index (Phi) is 4.42. The van der Waals surface area contributed by atoms with Crippen LogP contribution in [-0.4, -0.2) is 0 Å².